The van der Waals surface area contributed by atoms with Gasteiger partial charge in [-0.15, -0.1) is 0 Å². The highest BCUT2D eigenvalue weighted by Crippen LogP contribution is 2.51. The van der Waals surface area contributed by atoms with Crippen LogP contribution in [0.3, 0.4) is 0 Å². The lowest BCUT2D eigenvalue weighted by atomic mass is 9.61. The Morgan fingerprint density at radius 3 is 2.19 bits per heavy atom. The lowest BCUT2D eigenvalue weighted by Gasteiger charge is -2.43. The van der Waals surface area contributed by atoms with Crippen molar-refractivity contribution in [3.63, 3.8) is 0 Å². The number of fused-ring (bicyclic) bond motifs is 1. The molecule has 1 aliphatic carbocycles. The van der Waals surface area contributed by atoms with E-state index in [2.05, 4.69) is 39.8 Å². The second-order valence-electron chi connectivity index (χ2n) is 8.63. The van der Waals surface area contributed by atoms with Crippen molar-refractivity contribution in [2.45, 2.75) is 58.3 Å². The van der Waals surface area contributed by atoms with Crippen LogP contribution in [0.2, 0.25) is 0 Å². The van der Waals surface area contributed by atoms with Crippen LogP contribution in [0.1, 0.15) is 68.9 Å². The molecule has 0 aromatic heterocycles. The van der Waals surface area contributed by atoms with Crippen LogP contribution in [0.5, 0.6) is 5.75 Å². The SMILES string of the molecule is CCOC(=O)c1ccc(-c2c(OC)ccc3c2C(C)(C)CCC3(C)C)cc1. The molecule has 0 amide bonds. The molecule has 2 aromatic carbocycles. The Morgan fingerprint density at radius 2 is 1.59 bits per heavy atom. The van der Waals surface area contributed by atoms with Crippen molar-refractivity contribution in [3.05, 3.63) is 53.1 Å². The Kier molecular flexibility index (Phi) is 5.07. The fourth-order valence-corrected chi connectivity index (χ4v) is 4.18. The number of esters is 1. The van der Waals surface area contributed by atoms with E-state index in [4.69, 9.17) is 9.47 Å². The second kappa shape index (κ2) is 7.03. The molecule has 0 fully saturated rings. The summed E-state index contributed by atoms with van der Waals surface area (Å²) in [7, 11) is 1.72. The molecule has 0 atom stereocenters. The normalized spacial score (nSPS) is 17.1. The third kappa shape index (κ3) is 3.47. The molecule has 0 saturated heterocycles. The maximum Gasteiger partial charge on any atom is 0.338 e. The van der Waals surface area contributed by atoms with Gasteiger partial charge >= 0.3 is 5.97 Å². The minimum Gasteiger partial charge on any atom is -0.496 e. The molecule has 0 spiro atoms. The van der Waals surface area contributed by atoms with E-state index in [9.17, 15) is 4.79 Å². The van der Waals surface area contributed by atoms with E-state index in [-0.39, 0.29) is 16.8 Å². The van der Waals surface area contributed by atoms with Gasteiger partial charge in [0, 0.05) is 5.56 Å². The van der Waals surface area contributed by atoms with Crippen LogP contribution in [-0.2, 0) is 15.6 Å². The summed E-state index contributed by atoms with van der Waals surface area (Å²) in [5.41, 5.74) is 5.74. The van der Waals surface area contributed by atoms with E-state index in [1.807, 2.05) is 31.2 Å². The Morgan fingerprint density at radius 1 is 0.963 bits per heavy atom. The maximum atomic E-state index is 12.0. The van der Waals surface area contributed by atoms with Crippen molar-refractivity contribution in [1.29, 1.82) is 0 Å². The second-order valence-corrected chi connectivity index (χ2v) is 8.63. The lowest BCUT2D eigenvalue weighted by Crippen LogP contribution is -2.34. The van der Waals surface area contributed by atoms with E-state index in [1.165, 1.54) is 17.5 Å². The molecule has 3 rings (SSSR count). The summed E-state index contributed by atoms with van der Waals surface area (Å²) in [5, 5.41) is 0. The van der Waals surface area contributed by atoms with Gasteiger partial charge < -0.3 is 9.47 Å². The zero-order valence-corrected chi connectivity index (χ0v) is 17.3. The minimum atomic E-state index is -0.285. The summed E-state index contributed by atoms with van der Waals surface area (Å²) >= 11 is 0. The highest BCUT2D eigenvalue weighted by Gasteiger charge is 2.39. The first-order chi connectivity index (χ1) is 12.7. The van der Waals surface area contributed by atoms with Gasteiger partial charge in [-0.25, -0.2) is 4.79 Å². The molecule has 1 aliphatic rings. The van der Waals surface area contributed by atoms with Gasteiger partial charge in [0.15, 0.2) is 0 Å². The fourth-order valence-electron chi connectivity index (χ4n) is 4.18. The van der Waals surface area contributed by atoms with Gasteiger partial charge in [-0.2, -0.15) is 0 Å². The summed E-state index contributed by atoms with van der Waals surface area (Å²) in [5.74, 6) is 0.593. The highest BCUT2D eigenvalue weighted by molar-refractivity contribution is 5.90. The Balaban J connectivity index is 2.19. The molecule has 144 valence electrons. The lowest BCUT2D eigenvalue weighted by molar-refractivity contribution is 0.0526. The van der Waals surface area contributed by atoms with Crippen molar-refractivity contribution in [1.82, 2.24) is 0 Å². The molecule has 27 heavy (non-hydrogen) atoms. The van der Waals surface area contributed by atoms with Gasteiger partial charge in [0.1, 0.15) is 5.75 Å². The van der Waals surface area contributed by atoms with E-state index in [0.29, 0.717) is 12.2 Å². The van der Waals surface area contributed by atoms with Crippen LogP contribution in [0.15, 0.2) is 36.4 Å². The zero-order valence-electron chi connectivity index (χ0n) is 17.3. The predicted octanol–water partition coefficient (Wildman–Crippen LogP) is 5.89. The van der Waals surface area contributed by atoms with E-state index in [1.54, 1.807) is 7.11 Å². The molecule has 2 aromatic rings. The number of carbonyl (C=O) groups is 1. The smallest absolute Gasteiger partial charge is 0.338 e. The number of carbonyl (C=O) groups excluding carboxylic acids is 1. The third-order valence-electron chi connectivity index (χ3n) is 5.85. The molecule has 3 heteroatoms. The molecule has 0 aliphatic heterocycles. The van der Waals surface area contributed by atoms with Crippen LogP contribution in [0, 0.1) is 0 Å². The van der Waals surface area contributed by atoms with Gasteiger partial charge in [-0.1, -0.05) is 45.9 Å². The van der Waals surface area contributed by atoms with Crippen LogP contribution < -0.4 is 4.74 Å². The topological polar surface area (TPSA) is 35.5 Å². The number of benzene rings is 2. The fraction of sp³-hybridized carbons (Fsp3) is 0.458. The van der Waals surface area contributed by atoms with Gasteiger partial charge in [-0.3, -0.25) is 0 Å². The van der Waals surface area contributed by atoms with Crippen molar-refractivity contribution in [2.75, 3.05) is 13.7 Å². The van der Waals surface area contributed by atoms with Crippen molar-refractivity contribution >= 4 is 5.97 Å². The summed E-state index contributed by atoms with van der Waals surface area (Å²) in [6.07, 6.45) is 2.30. The van der Waals surface area contributed by atoms with Crippen molar-refractivity contribution < 1.29 is 14.3 Å². The molecular weight excluding hydrogens is 336 g/mol. The molecular formula is C24H30O3. The van der Waals surface area contributed by atoms with Crippen molar-refractivity contribution in [3.8, 4) is 16.9 Å². The minimum absolute atomic E-state index is 0.0640. The van der Waals surface area contributed by atoms with Crippen molar-refractivity contribution in [2.24, 2.45) is 0 Å². The molecule has 0 unspecified atom stereocenters. The molecule has 0 N–H and O–H groups in total. The van der Waals surface area contributed by atoms with Gasteiger partial charge in [-0.05, 0) is 65.5 Å². The highest BCUT2D eigenvalue weighted by atomic mass is 16.5. The Labute approximate surface area is 162 Å². The first-order valence-electron chi connectivity index (χ1n) is 9.71. The maximum absolute atomic E-state index is 12.0. The molecule has 0 radical (unpaired) electrons. The predicted molar refractivity (Wildman–Crippen MR) is 110 cm³/mol. The number of methoxy groups -OCH3 is 1. The van der Waals surface area contributed by atoms with Crippen LogP contribution in [-0.4, -0.2) is 19.7 Å². The monoisotopic (exact) mass is 366 g/mol. The summed E-state index contributed by atoms with van der Waals surface area (Å²) in [6.45, 7) is 11.5. The van der Waals surface area contributed by atoms with Gasteiger partial charge in [0.2, 0.25) is 0 Å². The largest absolute Gasteiger partial charge is 0.496 e. The van der Waals surface area contributed by atoms with Crippen LogP contribution in [0.4, 0.5) is 0 Å². The van der Waals surface area contributed by atoms with E-state index < -0.39 is 0 Å². The summed E-state index contributed by atoms with van der Waals surface area (Å²) in [4.78, 5) is 12.0. The van der Waals surface area contributed by atoms with E-state index in [0.717, 1.165) is 23.3 Å². The average molecular weight is 367 g/mol. The number of hydrogen-bond acceptors (Lipinski definition) is 3. The quantitative estimate of drug-likeness (QED) is 0.633. The average Bonchev–Trinajstić information content (AvgIpc) is 2.65. The third-order valence-corrected chi connectivity index (χ3v) is 5.85. The number of rotatable bonds is 4. The first kappa shape index (κ1) is 19.5. The molecule has 0 saturated carbocycles. The molecule has 0 bridgehead atoms. The zero-order chi connectivity index (χ0) is 19.8. The number of ether oxygens (including phenoxy) is 2. The molecule has 3 nitrogen and oxygen atoms in total. The first-order valence-corrected chi connectivity index (χ1v) is 9.71. The Hall–Kier alpha value is -2.29. The van der Waals surface area contributed by atoms with E-state index >= 15 is 0 Å². The summed E-state index contributed by atoms with van der Waals surface area (Å²) in [6, 6.07) is 12.0. The molecule has 0 heterocycles. The van der Waals surface area contributed by atoms with Crippen LogP contribution >= 0.6 is 0 Å². The summed E-state index contributed by atoms with van der Waals surface area (Å²) < 4.78 is 10.9. The van der Waals surface area contributed by atoms with Gasteiger partial charge in [0.05, 0.1) is 19.3 Å². The van der Waals surface area contributed by atoms with Crippen LogP contribution in [0.25, 0.3) is 11.1 Å². The standard InChI is InChI=1S/C24H30O3/c1-7-27-22(25)17-10-8-16(9-11-17)20-19(26-6)13-12-18-21(20)24(4,5)15-14-23(18,2)3/h8-13H,7,14-15H2,1-6H3. The number of hydrogen-bond donors (Lipinski definition) is 0. The Bertz CT molecular complexity index is 845. The van der Waals surface area contributed by atoms with Gasteiger partial charge in [0.25, 0.3) is 0 Å².